The first-order chi connectivity index (χ1) is 6.86. The van der Waals surface area contributed by atoms with E-state index < -0.39 is 29.2 Å². The Bertz CT molecular complexity index is 370. The van der Waals surface area contributed by atoms with Gasteiger partial charge in [0.1, 0.15) is 5.82 Å². The number of aliphatic hydroxyl groups excluding tert-OH is 1. The summed E-state index contributed by atoms with van der Waals surface area (Å²) in [4.78, 5) is 0. The fourth-order valence-corrected chi connectivity index (χ4v) is 1.16. The van der Waals surface area contributed by atoms with Gasteiger partial charge in [-0.1, -0.05) is 12.1 Å². The first-order valence-electron chi connectivity index (χ1n) is 4.03. The van der Waals surface area contributed by atoms with Crippen LogP contribution in [-0.4, -0.2) is 5.11 Å². The van der Waals surface area contributed by atoms with Crippen LogP contribution in [0.3, 0.4) is 0 Å². The van der Waals surface area contributed by atoms with Gasteiger partial charge in [-0.25, -0.2) is 4.39 Å². The van der Waals surface area contributed by atoms with Crippen LogP contribution in [0.25, 0.3) is 0 Å². The Labute approximate surface area is 83.7 Å². The van der Waals surface area contributed by atoms with E-state index >= 15 is 0 Å². The standard InChI is InChI=1S/C10H8F4O/c1-2-9(15)7-4-3-6(11)5-8(7)10(12,13)14/h2-5,9,15H,1H2. The zero-order valence-corrected chi connectivity index (χ0v) is 7.55. The van der Waals surface area contributed by atoms with Gasteiger partial charge >= 0.3 is 6.18 Å². The molecule has 1 N–H and O–H groups in total. The molecular weight excluding hydrogens is 212 g/mol. The number of halogens is 4. The Morgan fingerprint density at radius 1 is 1.33 bits per heavy atom. The van der Waals surface area contributed by atoms with Gasteiger partial charge in [0.2, 0.25) is 0 Å². The van der Waals surface area contributed by atoms with Crippen molar-refractivity contribution in [2.75, 3.05) is 0 Å². The molecule has 0 aliphatic heterocycles. The van der Waals surface area contributed by atoms with Crippen molar-refractivity contribution < 1.29 is 22.7 Å². The van der Waals surface area contributed by atoms with Crippen LogP contribution >= 0.6 is 0 Å². The molecular formula is C10H8F4O. The monoisotopic (exact) mass is 220 g/mol. The molecule has 0 aromatic heterocycles. The highest BCUT2D eigenvalue weighted by Crippen LogP contribution is 2.35. The van der Waals surface area contributed by atoms with Crippen LogP contribution in [0, 0.1) is 5.82 Å². The molecule has 0 aliphatic carbocycles. The van der Waals surface area contributed by atoms with Crippen LogP contribution in [-0.2, 0) is 6.18 Å². The number of benzene rings is 1. The Morgan fingerprint density at radius 3 is 2.40 bits per heavy atom. The highest BCUT2D eigenvalue weighted by Gasteiger charge is 2.34. The van der Waals surface area contributed by atoms with E-state index in [9.17, 15) is 22.7 Å². The molecule has 0 amide bonds. The van der Waals surface area contributed by atoms with E-state index in [1.807, 2.05) is 0 Å². The second-order valence-electron chi connectivity index (χ2n) is 2.91. The van der Waals surface area contributed by atoms with Crippen molar-refractivity contribution in [3.8, 4) is 0 Å². The lowest BCUT2D eigenvalue weighted by Gasteiger charge is -2.14. The Kier molecular flexibility index (Phi) is 3.14. The predicted molar refractivity (Wildman–Crippen MR) is 46.6 cm³/mol. The van der Waals surface area contributed by atoms with E-state index in [0.717, 1.165) is 18.2 Å². The normalized spacial score (nSPS) is 13.7. The van der Waals surface area contributed by atoms with Crippen molar-refractivity contribution in [2.24, 2.45) is 0 Å². The number of hydrogen-bond acceptors (Lipinski definition) is 1. The second kappa shape index (κ2) is 4.02. The minimum Gasteiger partial charge on any atom is -0.384 e. The van der Waals surface area contributed by atoms with Crippen LogP contribution in [0.4, 0.5) is 17.6 Å². The first kappa shape index (κ1) is 11.7. The van der Waals surface area contributed by atoms with Crippen LogP contribution in [0.2, 0.25) is 0 Å². The number of rotatable bonds is 2. The van der Waals surface area contributed by atoms with Crippen molar-refractivity contribution in [3.05, 3.63) is 47.8 Å². The highest BCUT2D eigenvalue weighted by molar-refractivity contribution is 5.33. The van der Waals surface area contributed by atoms with Crippen molar-refractivity contribution in [3.63, 3.8) is 0 Å². The molecule has 0 spiro atoms. The van der Waals surface area contributed by atoms with Crippen molar-refractivity contribution >= 4 is 0 Å². The zero-order valence-electron chi connectivity index (χ0n) is 7.55. The summed E-state index contributed by atoms with van der Waals surface area (Å²) >= 11 is 0. The lowest BCUT2D eigenvalue weighted by molar-refractivity contribution is -0.139. The lowest BCUT2D eigenvalue weighted by atomic mass is 10.0. The van der Waals surface area contributed by atoms with Gasteiger partial charge in [0, 0.05) is 0 Å². The molecule has 0 aliphatic rings. The van der Waals surface area contributed by atoms with E-state index in [2.05, 4.69) is 6.58 Å². The average molecular weight is 220 g/mol. The minimum atomic E-state index is -4.69. The van der Waals surface area contributed by atoms with E-state index in [1.54, 1.807) is 0 Å². The molecule has 0 heterocycles. The first-order valence-corrected chi connectivity index (χ1v) is 4.03. The Balaban J connectivity index is 3.33. The third kappa shape index (κ3) is 2.56. The fraction of sp³-hybridized carbons (Fsp3) is 0.200. The topological polar surface area (TPSA) is 20.2 Å². The molecule has 1 aromatic rings. The molecule has 0 saturated heterocycles. The molecule has 1 atom stereocenters. The van der Waals surface area contributed by atoms with Gasteiger partial charge in [0.25, 0.3) is 0 Å². The maximum atomic E-state index is 12.6. The maximum Gasteiger partial charge on any atom is 0.416 e. The summed E-state index contributed by atoms with van der Waals surface area (Å²) in [5, 5.41) is 9.22. The Morgan fingerprint density at radius 2 is 1.93 bits per heavy atom. The molecule has 0 saturated carbocycles. The molecule has 1 rings (SSSR count). The Hall–Kier alpha value is -1.36. The van der Waals surface area contributed by atoms with Crippen molar-refractivity contribution in [1.29, 1.82) is 0 Å². The van der Waals surface area contributed by atoms with E-state index in [4.69, 9.17) is 0 Å². The molecule has 0 fully saturated rings. The smallest absolute Gasteiger partial charge is 0.384 e. The van der Waals surface area contributed by atoms with Gasteiger partial charge in [-0.2, -0.15) is 13.2 Å². The van der Waals surface area contributed by atoms with Crippen molar-refractivity contribution in [1.82, 2.24) is 0 Å². The lowest BCUT2D eigenvalue weighted by Crippen LogP contribution is -2.11. The molecule has 82 valence electrons. The molecule has 1 aromatic carbocycles. The third-order valence-electron chi connectivity index (χ3n) is 1.86. The summed E-state index contributed by atoms with van der Waals surface area (Å²) < 4.78 is 49.9. The summed E-state index contributed by atoms with van der Waals surface area (Å²) in [6, 6.07) is 2.10. The number of aliphatic hydroxyl groups is 1. The van der Waals surface area contributed by atoms with Gasteiger partial charge in [-0.05, 0) is 17.7 Å². The number of alkyl halides is 3. The van der Waals surface area contributed by atoms with Crippen LogP contribution in [0.15, 0.2) is 30.9 Å². The zero-order chi connectivity index (χ0) is 11.6. The average Bonchev–Trinajstić information content (AvgIpc) is 2.15. The predicted octanol–water partition coefficient (Wildman–Crippen LogP) is 3.06. The molecule has 15 heavy (non-hydrogen) atoms. The second-order valence-corrected chi connectivity index (χ2v) is 2.91. The molecule has 5 heteroatoms. The van der Waals surface area contributed by atoms with Crippen LogP contribution in [0.1, 0.15) is 17.2 Å². The molecule has 0 radical (unpaired) electrons. The van der Waals surface area contributed by atoms with Gasteiger partial charge in [-0.15, -0.1) is 6.58 Å². The van der Waals surface area contributed by atoms with E-state index in [0.29, 0.717) is 6.07 Å². The van der Waals surface area contributed by atoms with Gasteiger partial charge < -0.3 is 5.11 Å². The van der Waals surface area contributed by atoms with Gasteiger partial charge in [0.05, 0.1) is 11.7 Å². The quantitative estimate of drug-likeness (QED) is 0.599. The number of hydrogen-bond donors (Lipinski definition) is 1. The van der Waals surface area contributed by atoms with Crippen LogP contribution < -0.4 is 0 Å². The summed E-state index contributed by atoms with van der Waals surface area (Å²) in [5.74, 6) is -0.998. The van der Waals surface area contributed by atoms with Crippen LogP contribution in [0.5, 0.6) is 0 Å². The van der Waals surface area contributed by atoms with E-state index in [-0.39, 0.29) is 0 Å². The summed E-state index contributed by atoms with van der Waals surface area (Å²) in [5.41, 5.74) is -1.59. The molecule has 1 unspecified atom stereocenters. The van der Waals surface area contributed by atoms with Crippen molar-refractivity contribution in [2.45, 2.75) is 12.3 Å². The fourth-order valence-electron chi connectivity index (χ4n) is 1.16. The minimum absolute atomic E-state index is 0.349. The largest absolute Gasteiger partial charge is 0.416 e. The SMILES string of the molecule is C=CC(O)c1ccc(F)cc1C(F)(F)F. The summed E-state index contributed by atoms with van der Waals surface area (Å²) in [6.07, 6.45) is -5.20. The summed E-state index contributed by atoms with van der Waals surface area (Å²) in [7, 11) is 0. The summed E-state index contributed by atoms with van der Waals surface area (Å²) in [6.45, 7) is 3.17. The molecule has 0 bridgehead atoms. The van der Waals surface area contributed by atoms with E-state index in [1.165, 1.54) is 0 Å². The van der Waals surface area contributed by atoms with Gasteiger partial charge in [0.15, 0.2) is 0 Å². The maximum absolute atomic E-state index is 12.6. The third-order valence-corrected chi connectivity index (χ3v) is 1.86. The van der Waals surface area contributed by atoms with Gasteiger partial charge in [-0.3, -0.25) is 0 Å². The molecule has 1 nitrogen and oxygen atoms in total. The highest BCUT2D eigenvalue weighted by atomic mass is 19.4.